The van der Waals surface area contributed by atoms with Gasteiger partial charge in [-0.2, -0.15) is 0 Å². The number of cyclic esters (lactones) is 1. The van der Waals surface area contributed by atoms with Gasteiger partial charge in [0.25, 0.3) is 0 Å². The average Bonchev–Trinajstić information content (AvgIpc) is 2.90. The van der Waals surface area contributed by atoms with Gasteiger partial charge in [-0.1, -0.05) is 62.8 Å². The fourth-order valence-corrected chi connectivity index (χ4v) is 5.56. The van der Waals surface area contributed by atoms with Crippen LogP contribution in [-0.4, -0.2) is 73.8 Å². The molecule has 0 radical (unpaired) electrons. The van der Waals surface area contributed by atoms with Gasteiger partial charge in [-0.05, 0) is 31.7 Å². The molecule has 0 amide bonds. The summed E-state index contributed by atoms with van der Waals surface area (Å²) in [5.41, 5.74) is 0.880. The number of aliphatic hydroxyl groups excluding tert-OH is 1. The van der Waals surface area contributed by atoms with Crippen LogP contribution in [0.4, 0.5) is 0 Å². The largest absolute Gasteiger partial charge is 0.457 e. The van der Waals surface area contributed by atoms with E-state index in [-0.39, 0.29) is 24.0 Å². The van der Waals surface area contributed by atoms with Gasteiger partial charge in [0.05, 0.1) is 18.3 Å². The number of hydrogen-bond donors (Lipinski definition) is 2. The van der Waals surface area contributed by atoms with Crippen LogP contribution in [0.15, 0.2) is 42.5 Å². The molecule has 2 aliphatic heterocycles. The third kappa shape index (κ3) is 6.61. The maximum atomic E-state index is 13.5. The Morgan fingerprint density at radius 2 is 1.62 bits per heavy atom. The first-order valence-corrected chi connectivity index (χ1v) is 13.3. The standard InChI is InChI=1S/C29H44O8/c1-18-16-17-24(34-5)23(33-4)15-11-10-14-22(21-12-8-7-9-13-21)36-28(31)20(3)29(32)27(35-6)25(30)19(2)26(18)37-29/h7-9,12-13,16-20,22-27,30,32H,10-11,14-15H2,1-6H3/b17-16+/t18-,19+,20+,22-,23-,24+,25+,26-,27-,29-/m0/s1. The summed E-state index contributed by atoms with van der Waals surface area (Å²) in [5.74, 6) is -4.38. The zero-order valence-electron chi connectivity index (χ0n) is 22.9. The van der Waals surface area contributed by atoms with Crippen LogP contribution in [0, 0.1) is 17.8 Å². The van der Waals surface area contributed by atoms with E-state index in [4.69, 9.17) is 23.7 Å². The zero-order valence-corrected chi connectivity index (χ0v) is 22.9. The van der Waals surface area contributed by atoms with Crippen LogP contribution in [0.5, 0.6) is 0 Å². The lowest BCUT2D eigenvalue weighted by molar-refractivity contribution is -0.360. The second-order valence-electron chi connectivity index (χ2n) is 10.4. The lowest BCUT2D eigenvalue weighted by Gasteiger charge is -2.51. The summed E-state index contributed by atoms with van der Waals surface area (Å²) >= 11 is 0. The molecule has 2 heterocycles. The minimum atomic E-state index is -2.08. The predicted molar refractivity (Wildman–Crippen MR) is 139 cm³/mol. The molecule has 2 aliphatic rings. The van der Waals surface area contributed by atoms with Crippen molar-refractivity contribution in [3.05, 3.63) is 48.0 Å². The van der Waals surface area contributed by atoms with Crippen molar-refractivity contribution in [1.29, 1.82) is 0 Å². The molecule has 0 spiro atoms. The molecular formula is C29H44O8. The van der Waals surface area contributed by atoms with E-state index in [1.165, 1.54) is 7.11 Å². The Morgan fingerprint density at radius 3 is 2.24 bits per heavy atom. The summed E-state index contributed by atoms with van der Waals surface area (Å²) < 4.78 is 29.3. The van der Waals surface area contributed by atoms with E-state index >= 15 is 0 Å². The maximum Gasteiger partial charge on any atom is 0.314 e. The van der Waals surface area contributed by atoms with Crippen LogP contribution < -0.4 is 0 Å². The van der Waals surface area contributed by atoms with Gasteiger partial charge in [0.15, 0.2) is 0 Å². The first-order chi connectivity index (χ1) is 17.7. The lowest BCUT2D eigenvalue weighted by Crippen LogP contribution is -2.66. The normalized spacial score (nSPS) is 41.1. The molecule has 0 aliphatic carbocycles. The Bertz CT molecular complexity index is 876. The Hall–Kier alpha value is -1.81. The predicted octanol–water partition coefficient (Wildman–Crippen LogP) is 3.80. The highest BCUT2D eigenvalue weighted by Crippen LogP contribution is 2.42. The van der Waals surface area contributed by atoms with Gasteiger partial charge in [0.2, 0.25) is 5.79 Å². The zero-order chi connectivity index (χ0) is 27.2. The molecule has 8 nitrogen and oxygen atoms in total. The molecule has 10 atom stereocenters. The van der Waals surface area contributed by atoms with Gasteiger partial charge in [-0.25, -0.2) is 0 Å². The number of aliphatic hydroxyl groups is 2. The molecule has 0 saturated carbocycles. The Balaban J connectivity index is 2.01. The number of carbonyl (C=O) groups excluding carboxylic acids is 1. The quantitative estimate of drug-likeness (QED) is 0.456. The average molecular weight is 521 g/mol. The van der Waals surface area contributed by atoms with E-state index in [1.807, 2.05) is 56.3 Å². The summed E-state index contributed by atoms with van der Waals surface area (Å²) in [4.78, 5) is 13.5. The fourth-order valence-electron chi connectivity index (χ4n) is 5.56. The molecule has 1 saturated heterocycles. The molecule has 2 N–H and O–H groups in total. The Morgan fingerprint density at radius 1 is 0.946 bits per heavy atom. The number of fused-ring (bicyclic) bond motifs is 2. The molecule has 1 aromatic rings. The summed E-state index contributed by atoms with van der Waals surface area (Å²) in [6.45, 7) is 5.36. The van der Waals surface area contributed by atoms with E-state index in [0.717, 1.165) is 24.8 Å². The van der Waals surface area contributed by atoms with Gasteiger partial charge in [0, 0.05) is 33.2 Å². The fraction of sp³-hybridized carbons (Fsp3) is 0.690. The van der Waals surface area contributed by atoms with Crippen LogP contribution in [0.3, 0.4) is 0 Å². The van der Waals surface area contributed by atoms with Crippen molar-refractivity contribution in [3.8, 4) is 0 Å². The molecule has 0 aromatic heterocycles. The van der Waals surface area contributed by atoms with Crippen molar-refractivity contribution < 1.29 is 38.7 Å². The molecular weight excluding hydrogens is 476 g/mol. The number of benzene rings is 1. The molecule has 3 rings (SSSR count). The van der Waals surface area contributed by atoms with Crippen LogP contribution in [0.1, 0.15) is 58.1 Å². The van der Waals surface area contributed by atoms with Crippen molar-refractivity contribution in [1.82, 2.24) is 0 Å². The summed E-state index contributed by atoms with van der Waals surface area (Å²) in [7, 11) is 4.72. The smallest absolute Gasteiger partial charge is 0.314 e. The number of ether oxygens (including phenoxy) is 5. The van der Waals surface area contributed by atoms with Crippen molar-refractivity contribution in [2.24, 2.45) is 17.8 Å². The summed E-state index contributed by atoms with van der Waals surface area (Å²) in [6, 6.07) is 9.58. The van der Waals surface area contributed by atoms with Crippen molar-refractivity contribution >= 4 is 5.97 Å². The molecule has 37 heavy (non-hydrogen) atoms. The lowest BCUT2D eigenvalue weighted by atomic mass is 9.78. The van der Waals surface area contributed by atoms with Crippen LogP contribution in [0.25, 0.3) is 0 Å². The van der Waals surface area contributed by atoms with Crippen LogP contribution in [0.2, 0.25) is 0 Å². The third-order valence-corrected chi connectivity index (χ3v) is 8.03. The van der Waals surface area contributed by atoms with Gasteiger partial charge >= 0.3 is 5.97 Å². The van der Waals surface area contributed by atoms with Crippen molar-refractivity contribution in [3.63, 3.8) is 0 Å². The van der Waals surface area contributed by atoms with Crippen LogP contribution >= 0.6 is 0 Å². The molecule has 8 heteroatoms. The number of carbonyl (C=O) groups is 1. The molecule has 0 unspecified atom stereocenters. The van der Waals surface area contributed by atoms with Crippen molar-refractivity contribution in [2.75, 3.05) is 21.3 Å². The van der Waals surface area contributed by atoms with Gasteiger partial charge in [-0.15, -0.1) is 0 Å². The van der Waals surface area contributed by atoms with Gasteiger partial charge in [0.1, 0.15) is 24.2 Å². The SMILES string of the molecule is CO[C@H]1CCCC[C@@H](c2ccccc2)OC(=O)[C@@H](C)[C@]2(O)O[C@H]([C@H](C)[C@@H](O)[C@@H]2OC)[C@@H](C)/C=C/[C@H]1OC. The van der Waals surface area contributed by atoms with E-state index in [9.17, 15) is 15.0 Å². The highest BCUT2D eigenvalue weighted by Gasteiger charge is 2.58. The van der Waals surface area contributed by atoms with Crippen molar-refractivity contribution in [2.45, 2.75) is 88.9 Å². The number of hydrogen-bond acceptors (Lipinski definition) is 8. The highest BCUT2D eigenvalue weighted by molar-refractivity contribution is 5.73. The highest BCUT2D eigenvalue weighted by atomic mass is 16.7. The van der Waals surface area contributed by atoms with E-state index < -0.39 is 42.1 Å². The van der Waals surface area contributed by atoms with E-state index in [1.54, 1.807) is 21.1 Å². The van der Waals surface area contributed by atoms with Crippen LogP contribution in [-0.2, 0) is 28.5 Å². The number of methoxy groups -OCH3 is 3. The topological polar surface area (TPSA) is 104 Å². The Kier molecular flexibility index (Phi) is 10.7. The molecule has 1 aromatic carbocycles. The van der Waals surface area contributed by atoms with E-state index in [2.05, 4.69) is 0 Å². The third-order valence-electron chi connectivity index (χ3n) is 8.03. The summed E-state index contributed by atoms with van der Waals surface area (Å²) in [6.07, 6.45) is 3.29. The van der Waals surface area contributed by atoms with Gasteiger partial charge < -0.3 is 33.9 Å². The van der Waals surface area contributed by atoms with Gasteiger partial charge in [-0.3, -0.25) is 4.79 Å². The number of rotatable bonds is 4. The second-order valence-corrected chi connectivity index (χ2v) is 10.4. The second kappa shape index (κ2) is 13.3. The molecule has 2 bridgehead atoms. The molecule has 1 fully saturated rings. The first-order valence-electron chi connectivity index (χ1n) is 13.3. The minimum Gasteiger partial charge on any atom is -0.457 e. The Labute approximate surface area is 220 Å². The number of esters is 1. The first kappa shape index (κ1) is 29.7. The minimum absolute atomic E-state index is 0.149. The monoisotopic (exact) mass is 520 g/mol. The molecule has 208 valence electrons. The summed E-state index contributed by atoms with van der Waals surface area (Å²) in [5, 5.41) is 22.9. The maximum absolute atomic E-state index is 13.5. The van der Waals surface area contributed by atoms with E-state index in [0.29, 0.717) is 6.42 Å².